The van der Waals surface area contributed by atoms with Crippen molar-refractivity contribution < 1.29 is 9.53 Å². The predicted octanol–water partition coefficient (Wildman–Crippen LogP) is 2.70. The lowest BCUT2D eigenvalue weighted by molar-refractivity contribution is -0.119. The van der Waals surface area contributed by atoms with Gasteiger partial charge < -0.3 is 15.8 Å². The molecule has 1 aromatic carbocycles. The van der Waals surface area contributed by atoms with Gasteiger partial charge in [0.15, 0.2) is 0 Å². The highest BCUT2D eigenvalue weighted by Gasteiger charge is 2.28. The number of aryl methyl sites for hydroxylation is 1. The van der Waals surface area contributed by atoms with E-state index in [0.29, 0.717) is 18.0 Å². The second-order valence-corrected chi connectivity index (χ2v) is 5.67. The van der Waals surface area contributed by atoms with Gasteiger partial charge >= 0.3 is 0 Å². The van der Waals surface area contributed by atoms with Gasteiger partial charge in [0.1, 0.15) is 0 Å². The third-order valence-corrected chi connectivity index (χ3v) is 3.61. The van der Waals surface area contributed by atoms with Crippen molar-refractivity contribution in [2.24, 2.45) is 5.92 Å². The summed E-state index contributed by atoms with van der Waals surface area (Å²) in [7, 11) is 0. The van der Waals surface area contributed by atoms with Gasteiger partial charge in [-0.2, -0.15) is 0 Å². The molecule has 3 N–H and O–H groups in total. The number of benzene rings is 1. The second kappa shape index (κ2) is 5.28. The number of ether oxygens (including phenoxy) is 1. The van der Waals surface area contributed by atoms with Crippen LogP contribution in [0.15, 0.2) is 16.6 Å². The van der Waals surface area contributed by atoms with Gasteiger partial charge in [-0.15, -0.1) is 0 Å². The maximum Gasteiger partial charge on any atom is 0.229 e. The van der Waals surface area contributed by atoms with Crippen molar-refractivity contribution >= 4 is 33.2 Å². The van der Waals surface area contributed by atoms with Crippen LogP contribution in [0.1, 0.15) is 18.9 Å². The number of nitrogens with two attached hydrogens (primary N) is 1. The van der Waals surface area contributed by atoms with E-state index < -0.39 is 0 Å². The van der Waals surface area contributed by atoms with E-state index in [1.54, 1.807) is 6.07 Å². The van der Waals surface area contributed by atoms with Gasteiger partial charge in [0, 0.05) is 4.47 Å². The van der Waals surface area contributed by atoms with Crippen LogP contribution < -0.4 is 11.1 Å². The summed E-state index contributed by atoms with van der Waals surface area (Å²) >= 11 is 3.37. The fraction of sp³-hybridized carbons (Fsp3) is 0.462. The van der Waals surface area contributed by atoms with Crippen LogP contribution in [0.4, 0.5) is 11.4 Å². The molecule has 1 fully saturated rings. The summed E-state index contributed by atoms with van der Waals surface area (Å²) in [5.41, 5.74) is 8.14. The minimum absolute atomic E-state index is 0.0172. The van der Waals surface area contributed by atoms with E-state index >= 15 is 0 Å². The fourth-order valence-corrected chi connectivity index (χ4v) is 2.75. The van der Waals surface area contributed by atoms with Gasteiger partial charge in [-0.1, -0.05) is 15.9 Å². The zero-order valence-electron chi connectivity index (χ0n) is 10.5. The average molecular weight is 313 g/mol. The molecule has 1 aliphatic rings. The lowest BCUT2D eigenvalue weighted by atomic mass is 10.0. The van der Waals surface area contributed by atoms with Crippen LogP contribution >= 0.6 is 15.9 Å². The quantitative estimate of drug-likeness (QED) is 0.825. The molecule has 4 nitrogen and oxygen atoms in total. The molecular formula is C13H17BrN2O2. The van der Waals surface area contributed by atoms with Gasteiger partial charge in [-0.3, -0.25) is 4.79 Å². The Labute approximate surface area is 115 Å². The average Bonchev–Trinajstić information content (AvgIpc) is 2.70. The molecular weight excluding hydrogens is 296 g/mol. The number of nitrogens with one attached hydrogen (secondary N) is 1. The number of nitrogen functional groups attached to an aromatic ring is 1. The Morgan fingerprint density at radius 3 is 2.83 bits per heavy atom. The number of hydrogen-bond acceptors (Lipinski definition) is 3. The van der Waals surface area contributed by atoms with E-state index in [2.05, 4.69) is 21.2 Å². The van der Waals surface area contributed by atoms with Crippen molar-refractivity contribution in [1.82, 2.24) is 0 Å². The first kappa shape index (κ1) is 13.4. The van der Waals surface area contributed by atoms with Crippen molar-refractivity contribution in [1.29, 1.82) is 0 Å². The summed E-state index contributed by atoms with van der Waals surface area (Å²) in [6.45, 7) is 4.39. The predicted molar refractivity (Wildman–Crippen MR) is 75.4 cm³/mol. The first-order chi connectivity index (χ1) is 8.47. The van der Waals surface area contributed by atoms with Crippen LogP contribution in [0.5, 0.6) is 0 Å². The normalized spacial score (nSPS) is 23.1. The van der Waals surface area contributed by atoms with Crippen LogP contribution in [0.25, 0.3) is 0 Å². The molecule has 2 unspecified atom stereocenters. The molecule has 2 atom stereocenters. The summed E-state index contributed by atoms with van der Waals surface area (Å²) in [6.07, 6.45) is 0.922. The Morgan fingerprint density at radius 2 is 2.28 bits per heavy atom. The summed E-state index contributed by atoms with van der Waals surface area (Å²) in [6, 6.07) is 3.72. The molecule has 98 valence electrons. The first-order valence-corrected chi connectivity index (χ1v) is 6.74. The molecule has 0 aromatic heterocycles. The SMILES string of the molecule is Cc1cc(Br)cc(N)c1NC(=O)C1COC(C)C1. The van der Waals surface area contributed by atoms with Gasteiger partial charge in [0.05, 0.1) is 30.0 Å². The van der Waals surface area contributed by atoms with Gasteiger partial charge in [-0.25, -0.2) is 0 Å². The van der Waals surface area contributed by atoms with Gasteiger partial charge in [0.2, 0.25) is 5.91 Å². The van der Waals surface area contributed by atoms with E-state index in [9.17, 15) is 4.79 Å². The first-order valence-electron chi connectivity index (χ1n) is 5.95. The third kappa shape index (κ3) is 2.84. The highest BCUT2D eigenvalue weighted by molar-refractivity contribution is 9.10. The molecule has 1 amide bonds. The Hall–Kier alpha value is -1.07. The van der Waals surface area contributed by atoms with Crippen molar-refractivity contribution in [2.45, 2.75) is 26.4 Å². The van der Waals surface area contributed by atoms with Crippen LogP contribution in [-0.4, -0.2) is 18.6 Å². The van der Waals surface area contributed by atoms with Crippen LogP contribution in [0.3, 0.4) is 0 Å². The van der Waals surface area contributed by atoms with E-state index in [4.69, 9.17) is 10.5 Å². The van der Waals surface area contributed by atoms with Gasteiger partial charge in [0.25, 0.3) is 0 Å². The smallest absolute Gasteiger partial charge is 0.229 e. The van der Waals surface area contributed by atoms with Crippen LogP contribution in [0.2, 0.25) is 0 Å². The number of carbonyl (C=O) groups is 1. The summed E-state index contributed by atoms with van der Waals surface area (Å²) < 4.78 is 6.31. The molecule has 0 bridgehead atoms. The maximum absolute atomic E-state index is 12.1. The monoisotopic (exact) mass is 312 g/mol. The lowest BCUT2D eigenvalue weighted by Crippen LogP contribution is -2.24. The van der Waals surface area contributed by atoms with E-state index in [1.807, 2.05) is 19.9 Å². The molecule has 2 rings (SSSR count). The largest absolute Gasteiger partial charge is 0.397 e. The zero-order chi connectivity index (χ0) is 13.3. The van der Waals surface area contributed by atoms with Crippen molar-refractivity contribution in [3.8, 4) is 0 Å². The summed E-state index contributed by atoms with van der Waals surface area (Å²) in [4.78, 5) is 12.1. The van der Waals surface area contributed by atoms with E-state index in [-0.39, 0.29) is 17.9 Å². The highest BCUT2D eigenvalue weighted by atomic mass is 79.9. The van der Waals surface area contributed by atoms with Crippen molar-refractivity contribution in [2.75, 3.05) is 17.7 Å². The molecule has 0 saturated carbocycles. The molecule has 0 spiro atoms. The van der Waals surface area contributed by atoms with E-state index in [1.165, 1.54) is 0 Å². The molecule has 1 heterocycles. The molecule has 1 aromatic rings. The molecule has 0 radical (unpaired) electrons. The molecule has 0 aliphatic carbocycles. The fourth-order valence-electron chi connectivity index (χ4n) is 2.16. The van der Waals surface area contributed by atoms with E-state index in [0.717, 1.165) is 16.5 Å². The number of carbonyl (C=O) groups excluding carboxylic acids is 1. The number of amides is 1. The third-order valence-electron chi connectivity index (χ3n) is 3.15. The number of anilines is 2. The van der Waals surface area contributed by atoms with Gasteiger partial charge in [-0.05, 0) is 38.0 Å². The molecule has 5 heteroatoms. The standard InChI is InChI=1S/C13H17BrN2O2/c1-7-3-10(14)5-11(15)12(7)16-13(17)9-4-8(2)18-6-9/h3,5,8-9H,4,6,15H2,1-2H3,(H,16,17). The molecule has 1 aliphatic heterocycles. The summed E-state index contributed by atoms with van der Waals surface area (Å²) in [5.74, 6) is -0.0982. The van der Waals surface area contributed by atoms with Crippen molar-refractivity contribution in [3.05, 3.63) is 22.2 Å². The Kier molecular flexibility index (Phi) is 3.92. The zero-order valence-corrected chi connectivity index (χ0v) is 12.1. The molecule has 1 saturated heterocycles. The topological polar surface area (TPSA) is 64.3 Å². The van der Waals surface area contributed by atoms with Crippen LogP contribution in [0, 0.1) is 12.8 Å². The number of rotatable bonds is 2. The molecule has 18 heavy (non-hydrogen) atoms. The number of halogens is 1. The Balaban J connectivity index is 2.12. The number of hydrogen-bond donors (Lipinski definition) is 2. The maximum atomic E-state index is 12.1. The Morgan fingerprint density at radius 1 is 1.56 bits per heavy atom. The second-order valence-electron chi connectivity index (χ2n) is 4.75. The minimum atomic E-state index is -0.0811. The highest BCUT2D eigenvalue weighted by Crippen LogP contribution is 2.29. The minimum Gasteiger partial charge on any atom is -0.397 e. The lowest BCUT2D eigenvalue weighted by Gasteiger charge is -2.14. The van der Waals surface area contributed by atoms with Crippen molar-refractivity contribution in [3.63, 3.8) is 0 Å². The Bertz CT molecular complexity index is 453. The van der Waals surface area contributed by atoms with Crippen LogP contribution in [-0.2, 0) is 9.53 Å². The summed E-state index contributed by atoms with van der Waals surface area (Å²) in [5, 5.41) is 2.90.